The third-order valence-electron chi connectivity index (χ3n) is 4.19. The first-order chi connectivity index (χ1) is 12.0. The molecule has 0 saturated carbocycles. The molecule has 1 aliphatic rings. The van der Waals surface area contributed by atoms with Gasteiger partial charge >= 0.3 is 0 Å². The van der Waals surface area contributed by atoms with Crippen molar-refractivity contribution in [2.24, 2.45) is 0 Å². The Morgan fingerprint density at radius 1 is 1.16 bits per heavy atom. The summed E-state index contributed by atoms with van der Waals surface area (Å²) >= 11 is 6.06. The fourth-order valence-corrected chi connectivity index (χ4v) is 4.76. The second kappa shape index (κ2) is 7.77. The van der Waals surface area contributed by atoms with Crippen molar-refractivity contribution >= 4 is 21.6 Å². The summed E-state index contributed by atoms with van der Waals surface area (Å²) in [5.74, 6) is 0.810. The number of sulfonamides is 1. The van der Waals surface area contributed by atoms with Crippen LogP contribution in [0.25, 0.3) is 0 Å². The van der Waals surface area contributed by atoms with Gasteiger partial charge < -0.3 is 0 Å². The Bertz CT molecular complexity index is 817. The molecule has 0 spiro atoms. The average Bonchev–Trinajstić information content (AvgIpc) is 3.03. The zero-order chi connectivity index (χ0) is 17.9. The summed E-state index contributed by atoms with van der Waals surface area (Å²) in [5, 5.41) is 12.0. The zero-order valence-electron chi connectivity index (χ0n) is 14.0. The van der Waals surface area contributed by atoms with Crippen molar-refractivity contribution in [1.29, 1.82) is 0 Å². The first kappa shape index (κ1) is 18.2. The highest BCUT2D eigenvalue weighted by Crippen LogP contribution is 2.25. The molecule has 10 heteroatoms. The van der Waals surface area contributed by atoms with Gasteiger partial charge in [0, 0.05) is 32.7 Å². The van der Waals surface area contributed by atoms with Crippen LogP contribution in [-0.4, -0.2) is 64.0 Å². The number of hydrogen-bond donors (Lipinski definition) is 0. The summed E-state index contributed by atoms with van der Waals surface area (Å²) in [6.07, 6.45) is 0.960. The predicted octanol–water partition coefficient (Wildman–Crippen LogP) is 1.24. The molecule has 2 heterocycles. The lowest BCUT2D eigenvalue weighted by Gasteiger charge is -2.33. The van der Waals surface area contributed by atoms with Crippen LogP contribution in [0.5, 0.6) is 0 Å². The summed E-state index contributed by atoms with van der Waals surface area (Å²) in [6.45, 7) is 5.57. The zero-order valence-corrected chi connectivity index (χ0v) is 15.6. The third kappa shape index (κ3) is 4.00. The van der Waals surface area contributed by atoms with Crippen molar-refractivity contribution in [3.63, 3.8) is 0 Å². The van der Waals surface area contributed by atoms with Gasteiger partial charge in [-0.3, -0.25) is 4.90 Å². The maximum absolute atomic E-state index is 12.8. The molecule has 25 heavy (non-hydrogen) atoms. The minimum absolute atomic E-state index is 0.164. The van der Waals surface area contributed by atoms with Crippen LogP contribution in [-0.2, 0) is 23.1 Å². The monoisotopic (exact) mass is 384 g/mol. The standard InChI is InChI=1S/C15H21ClN6O2S/c1-2-7-22-15(17-18-19-22)12-20-8-10-21(11-9-20)25(23,24)14-6-4-3-5-13(14)16/h3-6H,2,7-12H2,1H3. The number of hydrogen-bond acceptors (Lipinski definition) is 6. The second-order valence-corrected chi connectivity index (χ2v) is 8.24. The summed E-state index contributed by atoms with van der Waals surface area (Å²) in [6, 6.07) is 6.55. The molecule has 0 radical (unpaired) electrons. The number of rotatable bonds is 6. The molecule has 8 nitrogen and oxygen atoms in total. The number of tetrazole rings is 1. The Kier molecular flexibility index (Phi) is 5.67. The van der Waals surface area contributed by atoms with Crippen LogP contribution in [0.2, 0.25) is 5.02 Å². The molecule has 0 atom stereocenters. The Hall–Kier alpha value is -1.55. The minimum Gasteiger partial charge on any atom is -0.293 e. The van der Waals surface area contributed by atoms with E-state index in [4.69, 9.17) is 11.6 Å². The molecule has 1 aromatic heterocycles. The molecule has 0 aliphatic carbocycles. The van der Waals surface area contributed by atoms with Crippen molar-refractivity contribution < 1.29 is 8.42 Å². The third-order valence-corrected chi connectivity index (χ3v) is 6.59. The molecule has 0 bridgehead atoms. The highest BCUT2D eigenvalue weighted by atomic mass is 35.5. The number of piperazine rings is 1. The first-order valence-corrected chi connectivity index (χ1v) is 10.1. The van der Waals surface area contributed by atoms with Crippen molar-refractivity contribution in [3.05, 3.63) is 35.1 Å². The van der Waals surface area contributed by atoms with Gasteiger partial charge in [-0.2, -0.15) is 4.31 Å². The summed E-state index contributed by atoms with van der Waals surface area (Å²) in [4.78, 5) is 2.33. The number of aromatic nitrogens is 4. The summed E-state index contributed by atoms with van der Waals surface area (Å²) in [5.41, 5.74) is 0. The number of benzene rings is 1. The van der Waals surface area contributed by atoms with E-state index in [1.54, 1.807) is 28.9 Å². The van der Waals surface area contributed by atoms with Gasteiger partial charge in [0.2, 0.25) is 10.0 Å². The topological polar surface area (TPSA) is 84.2 Å². The quantitative estimate of drug-likeness (QED) is 0.745. The molecular weight excluding hydrogens is 364 g/mol. The normalized spacial score (nSPS) is 17.0. The van der Waals surface area contributed by atoms with Crippen LogP contribution in [0.3, 0.4) is 0 Å². The van der Waals surface area contributed by atoms with Crippen LogP contribution in [0.4, 0.5) is 0 Å². The summed E-state index contributed by atoms with van der Waals surface area (Å²) < 4.78 is 28.8. The smallest absolute Gasteiger partial charge is 0.244 e. The van der Waals surface area contributed by atoms with Crippen molar-refractivity contribution in [2.45, 2.75) is 31.3 Å². The number of aryl methyl sites for hydroxylation is 1. The fraction of sp³-hybridized carbons (Fsp3) is 0.533. The van der Waals surface area contributed by atoms with Crippen LogP contribution in [0.15, 0.2) is 29.2 Å². The van der Waals surface area contributed by atoms with Crippen molar-refractivity contribution in [3.8, 4) is 0 Å². The lowest BCUT2D eigenvalue weighted by molar-refractivity contribution is 0.175. The lowest BCUT2D eigenvalue weighted by Crippen LogP contribution is -2.48. The summed E-state index contributed by atoms with van der Waals surface area (Å²) in [7, 11) is -3.57. The van der Waals surface area contributed by atoms with Gasteiger partial charge in [0.1, 0.15) is 4.90 Å². The molecule has 1 aromatic carbocycles. The van der Waals surface area contributed by atoms with Crippen LogP contribution >= 0.6 is 11.6 Å². The molecule has 0 amide bonds. The van der Waals surface area contributed by atoms with Gasteiger partial charge in [0.25, 0.3) is 0 Å². The maximum atomic E-state index is 12.8. The molecule has 0 unspecified atom stereocenters. The predicted molar refractivity (Wildman–Crippen MR) is 93.6 cm³/mol. The SMILES string of the molecule is CCCn1nnnc1CN1CCN(S(=O)(=O)c2ccccc2Cl)CC1. The minimum atomic E-state index is -3.57. The largest absolute Gasteiger partial charge is 0.293 e. The Balaban J connectivity index is 1.64. The van der Waals surface area contributed by atoms with E-state index in [-0.39, 0.29) is 9.92 Å². The van der Waals surface area contributed by atoms with E-state index >= 15 is 0 Å². The van der Waals surface area contributed by atoms with Gasteiger partial charge in [-0.15, -0.1) is 5.10 Å². The van der Waals surface area contributed by atoms with Gasteiger partial charge in [0.15, 0.2) is 5.82 Å². The number of halogens is 1. The van der Waals surface area contributed by atoms with E-state index in [9.17, 15) is 8.42 Å². The Labute approximate surface area is 152 Å². The number of nitrogens with zero attached hydrogens (tertiary/aromatic N) is 6. The Morgan fingerprint density at radius 2 is 1.88 bits per heavy atom. The molecule has 1 saturated heterocycles. The molecule has 0 N–H and O–H groups in total. The molecule has 2 aromatic rings. The maximum Gasteiger partial charge on any atom is 0.244 e. The molecular formula is C15H21ClN6O2S. The van der Waals surface area contributed by atoms with Crippen LogP contribution in [0, 0.1) is 0 Å². The Morgan fingerprint density at radius 3 is 2.56 bits per heavy atom. The average molecular weight is 385 g/mol. The van der Waals surface area contributed by atoms with Gasteiger partial charge in [-0.05, 0) is 29.0 Å². The van der Waals surface area contributed by atoms with Crippen molar-refractivity contribution in [1.82, 2.24) is 29.4 Å². The van der Waals surface area contributed by atoms with E-state index in [1.807, 2.05) is 0 Å². The van der Waals surface area contributed by atoms with Gasteiger partial charge in [-0.1, -0.05) is 30.7 Å². The van der Waals surface area contributed by atoms with Gasteiger partial charge in [-0.25, -0.2) is 13.1 Å². The molecule has 3 rings (SSSR count). The first-order valence-electron chi connectivity index (χ1n) is 8.24. The van der Waals surface area contributed by atoms with Crippen molar-refractivity contribution in [2.75, 3.05) is 26.2 Å². The van der Waals surface area contributed by atoms with E-state index in [1.165, 1.54) is 4.31 Å². The second-order valence-electron chi connectivity index (χ2n) is 5.93. The highest BCUT2D eigenvalue weighted by molar-refractivity contribution is 7.89. The molecule has 136 valence electrons. The highest BCUT2D eigenvalue weighted by Gasteiger charge is 2.30. The molecule has 1 fully saturated rings. The van der Waals surface area contributed by atoms with Crippen LogP contribution < -0.4 is 0 Å². The van der Waals surface area contributed by atoms with Crippen LogP contribution in [0.1, 0.15) is 19.2 Å². The van der Waals surface area contributed by atoms with E-state index in [0.717, 1.165) is 18.8 Å². The van der Waals surface area contributed by atoms with E-state index < -0.39 is 10.0 Å². The van der Waals surface area contributed by atoms with E-state index in [2.05, 4.69) is 27.3 Å². The van der Waals surface area contributed by atoms with E-state index in [0.29, 0.717) is 32.7 Å². The molecule has 1 aliphatic heterocycles. The fourth-order valence-electron chi connectivity index (χ4n) is 2.84. The lowest BCUT2D eigenvalue weighted by atomic mass is 10.3. The van der Waals surface area contributed by atoms with Gasteiger partial charge in [0.05, 0.1) is 11.6 Å².